The van der Waals surface area contributed by atoms with Crippen molar-refractivity contribution in [2.45, 2.75) is 51.9 Å². The highest BCUT2D eigenvalue weighted by Gasteiger charge is 2.02. The third-order valence-corrected chi connectivity index (χ3v) is 3.26. The molecule has 3 N–H and O–H groups in total. The van der Waals surface area contributed by atoms with Crippen LogP contribution in [0.4, 0.5) is 0 Å². The van der Waals surface area contributed by atoms with E-state index >= 15 is 0 Å². The van der Waals surface area contributed by atoms with E-state index in [0.29, 0.717) is 5.56 Å². The number of nitrogens with two attached hydrogens (primary N) is 1. The zero-order valence-corrected chi connectivity index (χ0v) is 12.4. The molecule has 0 unspecified atom stereocenters. The topological polar surface area (TPSA) is 64.3 Å². The highest BCUT2D eigenvalue weighted by atomic mass is 16.5. The summed E-state index contributed by atoms with van der Waals surface area (Å²) in [6.45, 7) is 2.96. The van der Waals surface area contributed by atoms with Crippen molar-refractivity contribution in [3.63, 3.8) is 0 Å². The van der Waals surface area contributed by atoms with Gasteiger partial charge in [-0.1, -0.05) is 45.4 Å². The molecule has 0 bridgehead atoms. The maximum Gasteiger partial charge on any atom is 0.265 e. The van der Waals surface area contributed by atoms with Crippen molar-refractivity contribution in [1.29, 1.82) is 0 Å². The van der Waals surface area contributed by atoms with Crippen molar-refractivity contribution in [1.82, 2.24) is 5.43 Å². The van der Waals surface area contributed by atoms with Crippen LogP contribution in [0.15, 0.2) is 24.3 Å². The average Bonchev–Trinajstić information content (AvgIpc) is 2.50. The molecule has 0 saturated heterocycles. The number of hydrogen-bond acceptors (Lipinski definition) is 3. The van der Waals surface area contributed by atoms with E-state index in [1.54, 1.807) is 24.3 Å². The molecule has 1 amide bonds. The van der Waals surface area contributed by atoms with Gasteiger partial charge < -0.3 is 4.74 Å². The van der Waals surface area contributed by atoms with Crippen LogP contribution >= 0.6 is 0 Å². The number of hydrogen-bond donors (Lipinski definition) is 2. The number of ether oxygens (including phenoxy) is 1. The minimum atomic E-state index is -0.288. The molecular weight excluding hydrogens is 252 g/mol. The number of carbonyl (C=O) groups is 1. The van der Waals surface area contributed by atoms with Crippen LogP contribution in [0.3, 0.4) is 0 Å². The van der Waals surface area contributed by atoms with Crippen molar-refractivity contribution >= 4 is 5.91 Å². The Hall–Kier alpha value is -1.55. The van der Waals surface area contributed by atoms with Gasteiger partial charge in [-0.05, 0) is 30.7 Å². The number of carbonyl (C=O) groups excluding carboxylic acids is 1. The number of nitrogen functional groups attached to an aromatic ring is 1. The molecule has 0 heterocycles. The van der Waals surface area contributed by atoms with Gasteiger partial charge in [0.15, 0.2) is 0 Å². The molecule has 0 aliphatic carbocycles. The van der Waals surface area contributed by atoms with Gasteiger partial charge in [-0.3, -0.25) is 10.2 Å². The Bertz CT molecular complexity index is 377. The molecule has 20 heavy (non-hydrogen) atoms. The first-order chi connectivity index (χ1) is 9.77. The molecule has 0 radical (unpaired) electrons. The van der Waals surface area contributed by atoms with E-state index in [1.165, 1.54) is 38.5 Å². The second-order valence-electron chi connectivity index (χ2n) is 4.97. The largest absolute Gasteiger partial charge is 0.494 e. The molecule has 0 aromatic heterocycles. The Morgan fingerprint density at radius 3 is 2.25 bits per heavy atom. The summed E-state index contributed by atoms with van der Waals surface area (Å²) < 4.78 is 5.64. The minimum Gasteiger partial charge on any atom is -0.494 e. The van der Waals surface area contributed by atoms with Crippen LogP contribution < -0.4 is 16.0 Å². The van der Waals surface area contributed by atoms with E-state index in [9.17, 15) is 4.79 Å². The van der Waals surface area contributed by atoms with Gasteiger partial charge in [0.2, 0.25) is 0 Å². The predicted molar refractivity (Wildman–Crippen MR) is 81.6 cm³/mol. The lowest BCUT2D eigenvalue weighted by Gasteiger charge is -2.07. The lowest BCUT2D eigenvalue weighted by Crippen LogP contribution is -2.29. The zero-order chi connectivity index (χ0) is 14.6. The average molecular weight is 278 g/mol. The number of rotatable bonds is 10. The summed E-state index contributed by atoms with van der Waals surface area (Å²) in [5.74, 6) is 5.58. The van der Waals surface area contributed by atoms with E-state index in [0.717, 1.165) is 18.8 Å². The van der Waals surface area contributed by atoms with Gasteiger partial charge in [0.1, 0.15) is 5.75 Å². The van der Waals surface area contributed by atoms with Gasteiger partial charge in [-0.15, -0.1) is 0 Å². The maximum atomic E-state index is 11.3. The van der Waals surface area contributed by atoms with Gasteiger partial charge in [-0.25, -0.2) is 5.84 Å². The van der Waals surface area contributed by atoms with Crippen molar-refractivity contribution in [3.8, 4) is 5.75 Å². The lowest BCUT2D eigenvalue weighted by atomic mass is 10.1. The van der Waals surface area contributed by atoms with Crippen molar-refractivity contribution in [3.05, 3.63) is 29.8 Å². The first-order valence-corrected chi connectivity index (χ1v) is 7.51. The summed E-state index contributed by atoms with van der Waals surface area (Å²) in [5.41, 5.74) is 2.64. The summed E-state index contributed by atoms with van der Waals surface area (Å²) in [5, 5.41) is 0. The molecule has 1 aromatic carbocycles. The fourth-order valence-corrected chi connectivity index (χ4v) is 2.04. The summed E-state index contributed by atoms with van der Waals surface area (Å²) in [7, 11) is 0. The third-order valence-electron chi connectivity index (χ3n) is 3.26. The normalized spacial score (nSPS) is 10.3. The highest BCUT2D eigenvalue weighted by Crippen LogP contribution is 2.13. The SMILES string of the molecule is CCCCCCCCCOc1ccc(C(=O)NN)cc1. The van der Waals surface area contributed by atoms with E-state index in [1.807, 2.05) is 0 Å². The molecule has 0 aliphatic heterocycles. The second-order valence-corrected chi connectivity index (χ2v) is 4.97. The maximum absolute atomic E-state index is 11.3. The summed E-state index contributed by atoms with van der Waals surface area (Å²) >= 11 is 0. The minimum absolute atomic E-state index is 0.288. The van der Waals surface area contributed by atoms with Gasteiger partial charge in [0.05, 0.1) is 6.61 Å². The quantitative estimate of drug-likeness (QED) is 0.298. The Kier molecular flexibility index (Phi) is 8.47. The standard InChI is InChI=1S/C16H26N2O2/c1-2-3-4-5-6-7-8-13-20-15-11-9-14(10-12-15)16(19)18-17/h9-12H,2-8,13,17H2,1H3,(H,18,19). The van der Waals surface area contributed by atoms with Crippen molar-refractivity contribution in [2.75, 3.05) is 6.61 Å². The fourth-order valence-electron chi connectivity index (χ4n) is 2.04. The summed E-state index contributed by atoms with van der Waals surface area (Å²) in [4.78, 5) is 11.3. The monoisotopic (exact) mass is 278 g/mol. The van der Waals surface area contributed by atoms with E-state index in [2.05, 4.69) is 12.3 Å². The number of benzene rings is 1. The highest BCUT2D eigenvalue weighted by molar-refractivity contribution is 5.93. The van der Waals surface area contributed by atoms with Gasteiger partial charge in [0, 0.05) is 5.56 Å². The molecule has 0 atom stereocenters. The van der Waals surface area contributed by atoms with Gasteiger partial charge in [0.25, 0.3) is 5.91 Å². The Morgan fingerprint density at radius 2 is 1.65 bits per heavy atom. The first kappa shape index (κ1) is 16.5. The van der Waals surface area contributed by atoms with Gasteiger partial charge >= 0.3 is 0 Å². The van der Waals surface area contributed by atoms with Crippen molar-refractivity contribution in [2.24, 2.45) is 5.84 Å². The molecule has 0 spiro atoms. The van der Waals surface area contributed by atoms with Crippen LogP contribution in [-0.2, 0) is 0 Å². The molecule has 4 heteroatoms. The van der Waals surface area contributed by atoms with E-state index in [-0.39, 0.29) is 5.91 Å². The smallest absolute Gasteiger partial charge is 0.265 e. The summed E-state index contributed by atoms with van der Waals surface area (Å²) in [6.07, 6.45) is 8.91. The molecule has 1 rings (SSSR count). The van der Waals surface area contributed by atoms with Crippen LogP contribution in [0, 0.1) is 0 Å². The molecular formula is C16H26N2O2. The Labute approximate surface area is 121 Å². The van der Waals surface area contributed by atoms with Crippen LogP contribution in [-0.4, -0.2) is 12.5 Å². The first-order valence-electron chi connectivity index (χ1n) is 7.51. The van der Waals surface area contributed by atoms with Crippen molar-refractivity contribution < 1.29 is 9.53 Å². The molecule has 0 fully saturated rings. The van der Waals surface area contributed by atoms with Crippen LogP contribution in [0.5, 0.6) is 5.75 Å². The predicted octanol–water partition coefficient (Wildman–Crippen LogP) is 3.42. The fraction of sp³-hybridized carbons (Fsp3) is 0.562. The Morgan fingerprint density at radius 1 is 1.05 bits per heavy atom. The Balaban J connectivity index is 2.11. The van der Waals surface area contributed by atoms with E-state index in [4.69, 9.17) is 10.6 Å². The van der Waals surface area contributed by atoms with Crippen LogP contribution in [0.25, 0.3) is 0 Å². The van der Waals surface area contributed by atoms with Gasteiger partial charge in [-0.2, -0.15) is 0 Å². The third kappa shape index (κ3) is 6.57. The number of amides is 1. The lowest BCUT2D eigenvalue weighted by molar-refractivity contribution is 0.0953. The van der Waals surface area contributed by atoms with Crippen LogP contribution in [0.1, 0.15) is 62.2 Å². The molecule has 1 aromatic rings. The van der Waals surface area contributed by atoms with E-state index < -0.39 is 0 Å². The zero-order valence-electron chi connectivity index (χ0n) is 12.4. The molecule has 0 aliphatic rings. The van der Waals surface area contributed by atoms with Crippen LogP contribution in [0.2, 0.25) is 0 Å². The molecule has 112 valence electrons. The second kappa shape index (κ2) is 10.3. The number of nitrogens with one attached hydrogen (secondary N) is 1. The molecule has 4 nitrogen and oxygen atoms in total. The number of unbranched alkanes of at least 4 members (excludes halogenated alkanes) is 6. The molecule has 0 saturated carbocycles. The number of hydrazine groups is 1. The summed E-state index contributed by atoms with van der Waals surface area (Å²) in [6, 6.07) is 7.02.